The number of hydrogen-bond donors (Lipinski definition) is 1. The first kappa shape index (κ1) is 16.9. The predicted octanol–water partition coefficient (Wildman–Crippen LogP) is 2.17. The van der Waals surface area contributed by atoms with E-state index in [-0.39, 0.29) is 17.2 Å². The minimum atomic E-state index is -0.498. The molecule has 1 fully saturated rings. The first-order chi connectivity index (χ1) is 12.0. The van der Waals surface area contributed by atoms with E-state index < -0.39 is 11.8 Å². The molecule has 0 bridgehead atoms. The van der Waals surface area contributed by atoms with Crippen LogP contribution in [0, 0.1) is 0 Å². The highest BCUT2D eigenvalue weighted by Gasteiger charge is 2.33. The van der Waals surface area contributed by atoms with Crippen LogP contribution in [0.5, 0.6) is 0 Å². The summed E-state index contributed by atoms with van der Waals surface area (Å²) < 4.78 is 5.26. The lowest BCUT2D eigenvalue weighted by Gasteiger charge is -2.28. The fraction of sp³-hybridized carbons (Fsp3) is 0.167. The Balaban J connectivity index is 1.87. The average molecular weight is 355 g/mol. The number of thiocarbonyl (C=S) groups is 1. The van der Waals surface area contributed by atoms with Crippen molar-refractivity contribution in [3.8, 4) is 0 Å². The molecule has 25 heavy (non-hydrogen) atoms. The second-order valence-electron chi connectivity index (χ2n) is 5.77. The molecule has 128 valence electrons. The first-order valence-electron chi connectivity index (χ1n) is 7.64. The quantitative estimate of drug-likeness (QED) is 0.517. The van der Waals surface area contributed by atoms with E-state index in [1.54, 1.807) is 18.2 Å². The molecule has 0 radical (unpaired) electrons. The number of amides is 2. The molecule has 1 N–H and O–H groups in total. The number of carbonyl (C=O) groups excluding carboxylic acids is 2. The highest BCUT2D eigenvalue weighted by atomic mass is 32.1. The molecular formula is C18H17N3O3S. The Morgan fingerprint density at radius 2 is 1.92 bits per heavy atom. The highest BCUT2D eigenvalue weighted by molar-refractivity contribution is 7.80. The van der Waals surface area contributed by atoms with Crippen LogP contribution in [0.3, 0.4) is 0 Å². The van der Waals surface area contributed by atoms with Gasteiger partial charge in [-0.1, -0.05) is 12.1 Å². The molecule has 0 saturated carbocycles. The third-order valence-corrected chi connectivity index (χ3v) is 4.12. The van der Waals surface area contributed by atoms with Crippen LogP contribution in [0.4, 0.5) is 5.69 Å². The molecule has 0 aliphatic carbocycles. The Labute approximate surface area is 150 Å². The molecule has 3 rings (SSSR count). The number of anilines is 1. The summed E-state index contributed by atoms with van der Waals surface area (Å²) in [6, 6.07) is 11.0. The molecule has 1 aliphatic rings. The van der Waals surface area contributed by atoms with Gasteiger partial charge in [0.15, 0.2) is 5.11 Å². The summed E-state index contributed by atoms with van der Waals surface area (Å²) in [6.45, 7) is 0.169. The van der Waals surface area contributed by atoms with E-state index in [0.29, 0.717) is 5.76 Å². The Kier molecular flexibility index (Phi) is 4.67. The van der Waals surface area contributed by atoms with Gasteiger partial charge in [-0.15, -0.1) is 0 Å². The normalized spacial score (nSPS) is 16.3. The average Bonchev–Trinajstić information content (AvgIpc) is 3.09. The maximum Gasteiger partial charge on any atom is 0.266 e. The van der Waals surface area contributed by atoms with E-state index in [2.05, 4.69) is 5.32 Å². The van der Waals surface area contributed by atoms with E-state index in [0.717, 1.165) is 11.3 Å². The van der Waals surface area contributed by atoms with Gasteiger partial charge in [0.25, 0.3) is 11.8 Å². The van der Waals surface area contributed by atoms with Crippen LogP contribution < -0.4 is 10.2 Å². The maximum absolute atomic E-state index is 12.7. The molecular weight excluding hydrogens is 338 g/mol. The summed E-state index contributed by atoms with van der Waals surface area (Å²) in [5.41, 5.74) is 1.83. The van der Waals surface area contributed by atoms with E-state index in [4.69, 9.17) is 16.6 Å². The Morgan fingerprint density at radius 1 is 1.20 bits per heavy atom. The first-order valence-corrected chi connectivity index (χ1v) is 8.05. The van der Waals surface area contributed by atoms with Gasteiger partial charge in [0.05, 0.1) is 12.8 Å². The molecule has 1 saturated heterocycles. The van der Waals surface area contributed by atoms with Crippen molar-refractivity contribution < 1.29 is 14.0 Å². The zero-order valence-corrected chi connectivity index (χ0v) is 14.7. The summed E-state index contributed by atoms with van der Waals surface area (Å²) in [7, 11) is 3.89. The third-order valence-electron chi connectivity index (χ3n) is 3.80. The fourth-order valence-electron chi connectivity index (χ4n) is 2.43. The molecule has 2 amide bonds. The van der Waals surface area contributed by atoms with E-state index in [1.807, 2.05) is 43.3 Å². The topological polar surface area (TPSA) is 65.8 Å². The van der Waals surface area contributed by atoms with Gasteiger partial charge in [0.1, 0.15) is 11.3 Å². The number of benzene rings is 1. The molecule has 7 heteroatoms. The van der Waals surface area contributed by atoms with Gasteiger partial charge in [-0.25, -0.2) is 0 Å². The monoisotopic (exact) mass is 355 g/mol. The molecule has 0 atom stereocenters. The Bertz CT molecular complexity index is 839. The van der Waals surface area contributed by atoms with E-state index >= 15 is 0 Å². The predicted molar refractivity (Wildman–Crippen MR) is 98.7 cm³/mol. The lowest BCUT2D eigenvalue weighted by molar-refractivity contribution is -0.129. The highest BCUT2D eigenvalue weighted by Crippen LogP contribution is 2.19. The lowest BCUT2D eigenvalue weighted by atomic mass is 10.1. The number of carbonyl (C=O) groups is 2. The van der Waals surface area contributed by atoms with Crippen LogP contribution in [0.15, 0.2) is 52.7 Å². The molecule has 1 aromatic heterocycles. The van der Waals surface area contributed by atoms with Gasteiger partial charge >= 0.3 is 0 Å². The van der Waals surface area contributed by atoms with E-state index in [1.165, 1.54) is 11.2 Å². The minimum absolute atomic E-state index is 0.0396. The standard InChI is InChI=1S/C18H17N3O3S/c1-20(2)13-7-5-12(6-8-13)10-15-16(22)19-18(25)21(17(15)23)11-14-4-3-9-24-14/h3-10H,11H2,1-2H3,(H,19,22,25)/b15-10-. The minimum Gasteiger partial charge on any atom is -0.467 e. The lowest BCUT2D eigenvalue weighted by Crippen LogP contribution is -2.53. The summed E-state index contributed by atoms with van der Waals surface area (Å²) in [6.07, 6.45) is 3.09. The summed E-state index contributed by atoms with van der Waals surface area (Å²) in [5, 5.41) is 2.63. The Hall–Kier alpha value is -2.93. The van der Waals surface area contributed by atoms with Crippen LogP contribution >= 0.6 is 12.2 Å². The van der Waals surface area contributed by atoms with Crippen molar-refractivity contribution in [3.05, 3.63) is 59.6 Å². The molecule has 0 spiro atoms. The number of nitrogens with one attached hydrogen (secondary N) is 1. The van der Waals surface area contributed by atoms with Gasteiger partial charge in [0.2, 0.25) is 0 Å². The summed E-state index contributed by atoms with van der Waals surface area (Å²) in [5.74, 6) is -0.356. The smallest absolute Gasteiger partial charge is 0.266 e. The molecule has 0 unspecified atom stereocenters. The second-order valence-corrected chi connectivity index (χ2v) is 6.16. The van der Waals surface area contributed by atoms with Gasteiger partial charge < -0.3 is 9.32 Å². The van der Waals surface area contributed by atoms with Crippen molar-refractivity contribution in [2.75, 3.05) is 19.0 Å². The van der Waals surface area contributed by atoms with Crippen molar-refractivity contribution >= 4 is 40.9 Å². The Morgan fingerprint density at radius 3 is 2.52 bits per heavy atom. The zero-order chi connectivity index (χ0) is 18.0. The van der Waals surface area contributed by atoms with Gasteiger partial charge in [-0.3, -0.25) is 19.8 Å². The maximum atomic E-state index is 12.7. The van der Waals surface area contributed by atoms with Crippen LogP contribution in [-0.2, 0) is 16.1 Å². The molecule has 2 aromatic rings. The fourth-order valence-corrected chi connectivity index (χ4v) is 2.67. The van der Waals surface area contributed by atoms with Gasteiger partial charge in [0, 0.05) is 19.8 Å². The van der Waals surface area contributed by atoms with E-state index in [9.17, 15) is 9.59 Å². The largest absolute Gasteiger partial charge is 0.467 e. The zero-order valence-electron chi connectivity index (χ0n) is 13.9. The summed E-state index contributed by atoms with van der Waals surface area (Å²) >= 11 is 5.12. The van der Waals surface area contributed by atoms with Gasteiger partial charge in [-0.2, -0.15) is 0 Å². The SMILES string of the molecule is CN(C)c1ccc(/C=C2/C(=O)NC(=S)N(Cc3ccco3)C2=O)cc1. The molecule has 6 nitrogen and oxygen atoms in total. The van der Waals surface area contributed by atoms with Crippen molar-refractivity contribution in [1.82, 2.24) is 10.2 Å². The molecule has 2 heterocycles. The summed E-state index contributed by atoms with van der Waals surface area (Å²) in [4.78, 5) is 28.2. The van der Waals surface area contributed by atoms with Gasteiger partial charge in [-0.05, 0) is 48.1 Å². The number of hydrogen-bond acceptors (Lipinski definition) is 5. The molecule has 1 aromatic carbocycles. The number of furan rings is 1. The van der Waals surface area contributed by atoms with Crippen LogP contribution in [0.1, 0.15) is 11.3 Å². The van der Waals surface area contributed by atoms with Crippen LogP contribution in [0.2, 0.25) is 0 Å². The van der Waals surface area contributed by atoms with Crippen molar-refractivity contribution in [2.45, 2.75) is 6.54 Å². The number of rotatable bonds is 4. The number of nitrogens with zero attached hydrogens (tertiary/aromatic N) is 2. The van der Waals surface area contributed by atoms with Crippen LogP contribution in [-0.4, -0.2) is 35.9 Å². The van der Waals surface area contributed by atoms with Crippen molar-refractivity contribution in [1.29, 1.82) is 0 Å². The van der Waals surface area contributed by atoms with Crippen molar-refractivity contribution in [2.24, 2.45) is 0 Å². The van der Waals surface area contributed by atoms with Crippen molar-refractivity contribution in [3.63, 3.8) is 0 Å². The second kappa shape index (κ2) is 6.90. The molecule has 1 aliphatic heterocycles. The van der Waals surface area contributed by atoms with Crippen LogP contribution in [0.25, 0.3) is 6.08 Å². The third kappa shape index (κ3) is 3.61.